The molecule has 2 heterocycles. The van der Waals surface area contributed by atoms with E-state index in [0.29, 0.717) is 43.2 Å². The SMILES string of the molecule is Cn1nnc2c(S(=O)(=O)N[C@H]3CCOC[C@@H]3OCC3CCC3)cccc21. The van der Waals surface area contributed by atoms with Crippen LogP contribution in [-0.4, -0.2) is 55.4 Å². The van der Waals surface area contributed by atoms with Crippen LogP contribution >= 0.6 is 0 Å². The molecule has 1 aromatic heterocycles. The quantitative estimate of drug-likeness (QED) is 0.810. The molecule has 0 radical (unpaired) electrons. The molecule has 1 aliphatic heterocycles. The van der Waals surface area contributed by atoms with Crippen LogP contribution in [0.2, 0.25) is 0 Å². The summed E-state index contributed by atoms with van der Waals surface area (Å²) in [5.41, 5.74) is 1.05. The lowest BCUT2D eigenvalue weighted by molar-refractivity contribution is -0.0797. The number of nitrogens with zero attached hydrogens (tertiary/aromatic N) is 3. The van der Waals surface area contributed by atoms with Gasteiger partial charge in [0.2, 0.25) is 10.0 Å². The van der Waals surface area contributed by atoms with Crippen LogP contribution in [0.25, 0.3) is 11.0 Å². The van der Waals surface area contributed by atoms with E-state index >= 15 is 0 Å². The van der Waals surface area contributed by atoms with Crippen LogP contribution in [-0.2, 0) is 26.5 Å². The third kappa shape index (κ3) is 3.48. The van der Waals surface area contributed by atoms with Crippen molar-refractivity contribution in [1.82, 2.24) is 19.7 Å². The van der Waals surface area contributed by atoms with E-state index < -0.39 is 10.0 Å². The van der Waals surface area contributed by atoms with Crippen molar-refractivity contribution in [3.8, 4) is 0 Å². The van der Waals surface area contributed by atoms with Gasteiger partial charge in [-0.2, -0.15) is 0 Å². The molecule has 2 fully saturated rings. The summed E-state index contributed by atoms with van der Waals surface area (Å²) in [5.74, 6) is 0.600. The largest absolute Gasteiger partial charge is 0.379 e. The second-order valence-corrected chi connectivity index (χ2v) is 8.78. The average molecular weight is 380 g/mol. The molecule has 2 aromatic rings. The smallest absolute Gasteiger partial charge is 0.243 e. The van der Waals surface area contributed by atoms with E-state index in [1.807, 2.05) is 0 Å². The zero-order chi connectivity index (χ0) is 18.1. The number of hydrogen-bond acceptors (Lipinski definition) is 6. The van der Waals surface area contributed by atoms with Crippen LogP contribution in [0.5, 0.6) is 0 Å². The number of benzene rings is 1. The minimum Gasteiger partial charge on any atom is -0.379 e. The van der Waals surface area contributed by atoms with Crippen molar-refractivity contribution in [3.05, 3.63) is 18.2 Å². The molecule has 0 bridgehead atoms. The summed E-state index contributed by atoms with van der Waals surface area (Å²) < 4.78 is 41.8. The van der Waals surface area contributed by atoms with Gasteiger partial charge in [-0.25, -0.2) is 17.8 Å². The van der Waals surface area contributed by atoms with Gasteiger partial charge >= 0.3 is 0 Å². The lowest BCUT2D eigenvalue weighted by Gasteiger charge is -2.34. The van der Waals surface area contributed by atoms with Gasteiger partial charge in [-0.05, 0) is 37.3 Å². The van der Waals surface area contributed by atoms with Gasteiger partial charge in [0.15, 0.2) is 0 Å². The van der Waals surface area contributed by atoms with Gasteiger partial charge in [-0.3, -0.25) is 0 Å². The van der Waals surface area contributed by atoms with Crippen molar-refractivity contribution in [2.24, 2.45) is 13.0 Å². The van der Waals surface area contributed by atoms with Crippen molar-refractivity contribution < 1.29 is 17.9 Å². The first kappa shape index (κ1) is 17.8. The van der Waals surface area contributed by atoms with Crippen molar-refractivity contribution in [3.63, 3.8) is 0 Å². The summed E-state index contributed by atoms with van der Waals surface area (Å²) in [6.07, 6.45) is 3.97. The van der Waals surface area contributed by atoms with Gasteiger partial charge < -0.3 is 9.47 Å². The lowest BCUT2D eigenvalue weighted by Crippen LogP contribution is -2.50. The van der Waals surface area contributed by atoms with Crippen LogP contribution in [0, 0.1) is 5.92 Å². The molecular formula is C17H24N4O4S. The highest BCUT2D eigenvalue weighted by molar-refractivity contribution is 7.89. The molecule has 0 spiro atoms. The Hall–Kier alpha value is -1.55. The monoisotopic (exact) mass is 380 g/mol. The van der Waals surface area contributed by atoms with Gasteiger partial charge in [-0.1, -0.05) is 17.7 Å². The minimum atomic E-state index is -3.74. The Labute approximate surface area is 152 Å². The van der Waals surface area contributed by atoms with Crippen molar-refractivity contribution in [2.75, 3.05) is 19.8 Å². The van der Waals surface area contributed by atoms with Gasteiger partial charge in [0.25, 0.3) is 0 Å². The number of hydrogen-bond donors (Lipinski definition) is 1. The molecule has 142 valence electrons. The fourth-order valence-corrected chi connectivity index (χ4v) is 4.89. The summed E-state index contributed by atoms with van der Waals surface area (Å²) in [6, 6.07) is 4.76. The Bertz CT molecular complexity index is 878. The van der Waals surface area contributed by atoms with E-state index in [4.69, 9.17) is 9.47 Å². The third-order valence-corrected chi connectivity index (χ3v) is 6.80. The summed E-state index contributed by atoms with van der Waals surface area (Å²) >= 11 is 0. The number of sulfonamides is 1. The van der Waals surface area contributed by atoms with Crippen LogP contribution in [0.1, 0.15) is 25.7 Å². The van der Waals surface area contributed by atoms with Crippen LogP contribution in [0.15, 0.2) is 23.1 Å². The first-order chi connectivity index (χ1) is 12.5. The van der Waals surface area contributed by atoms with Crippen LogP contribution in [0.4, 0.5) is 0 Å². The fourth-order valence-electron chi connectivity index (χ4n) is 3.44. The standard InChI is InChI=1S/C17H24N4O4S/c1-21-14-6-3-7-16(17(14)18-20-21)26(22,23)19-13-8-9-24-11-15(13)25-10-12-4-2-5-12/h3,6-7,12-13,15,19H,2,4-5,8-11H2,1H3/t13-,15-/m0/s1. The van der Waals surface area contributed by atoms with Crippen LogP contribution < -0.4 is 4.72 Å². The summed E-state index contributed by atoms with van der Waals surface area (Å²) in [6.45, 7) is 1.60. The number of nitrogens with one attached hydrogen (secondary N) is 1. The van der Waals surface area contributed by atoms with Crippen LogP contribution in [0.3, 0.4) is 0 Å². The molecule has 9 heteroatoms. The fraction of sp³-hybridized carbons (Fsp3) is 0.647. The number of fused-ring (bicyclic) bond motifs is 1. The number of aromatic nitrogens is 3. The van der Waals surface area contributed by atoms with Gasteiger partial charge in [0.1, 0.15) is 10.4 Å². The van der Waals surface area contributed by atoms with E-state index in [0.717, 1.165) is 0 Å². The lowest BCUT2D eigenvalue weighted by atomic mass is 9.86. The Morgan fingerprint density at radius 2 is 2.19 bits per heavy atom. The molecule has 0 unspecified atom stereocenters. The topological polar surface area (TPSA) is 95.3 Å². The summed E-state index contributed by atoms with van der Waals surface area (Å²) in [7, 11) is -2.00. The van der Waals surface area contributed by atoms with E-state index in [2.05, 4.69) is 15.0 Å². The predicted molar refractivity (Wildman–Crippen MR) is 95.1 cm³/mol. The molecule has 8 nitrogen and oxygen atoms in total. The molecule has 1 N–H and O–H groups in total. The van der Waals surface area contributed by atoms with E-state index in [1.54, 1.807) is 29.9 Å². The molecule has 1 aliphatic carbocycles. The second kappa shape index (κ2) is 7.22. The van der Waals surface area contributed by atoms with E-state index in [-0.39, 0.29) is 17.0 Å². The second-order valence-electron chi connectivity index (χ2n) is 7.10. The van der Waals surface area contributed by atoms with Crippen molar-refractivity contribution >= 4 is 21.1 Å². The molecule has 2 aliphatic rings. The molecule has 2 atom stereocenters. The Morgan fingerprint density at radius 3 is 2.96 bits per heavy atom. The van der Waals surface area contributed by atoms with Gasteiger partial charge in [0, 0.05) is 20.3 Å². The summed E-state index contributed by atoms with van der Waals surface area (Å²) in [4.78, 5) is 0.146. The average Bonchev–Trinajstić information content (AvgIpc) is 2.96. The normalized spacial score (nSPS) is 24.7. The molecule has 4 rings (SSSR count). The Balaban J connectivity index is 1.52. The number of aryl methyl sites for hydroxylation is 1. The number of ether oxygens (including phenoxy) is 2. The molecule has 1 saturated carbocycles. The minimum absolute atomic E-state index is 0.146. The highest BCUT2D eigenvalue weighted by atomic mass is 32.2. The molecule has 1 saturated heterocycles. The molecule has 0 amide bonds. The maximum absolute atomic E-state index is 13.0. The van der Waals surface area contributed by atoms with Crippen molar-refractivity contribution in [2.45, 2.75) is 42.7 Å². The first-order valence-corrected chi connectivity index (χ1v) is 10.5. The van der Waals surface area contributed by atoms with E-state index in [1.165, 1.54) is 19.3 Å². The highest BCUT2D eigenvalue weighted by Crippen LogP contribution is 2.28. The van der Waals surface area contributed by atoms with Gasteiger partial charge in [-0.15, -0.1) is 5.10 Å². The maximum Gasteiger partial charge on any atom is 0.243 e. The molecular weight excluding hydrogens is 356 g/mol. The van der Waals surface area contributed by atoms with Gasteiger partial charge in [0.05, 0.1) is 24.3 Å². The maximum atomic E-state index is 13.0. The Kier molecular flexibility index (Phi) is 4.96. The summed E-state index contributed by atoms with van der Waals surface area (Å²) in [5, 5.41) is 7.94. The molecule has 1 aromatic carbocycles. The third-order valence-electron chi connectivity index (χ3n) is 5.28. The molecule has 26 heavy (non-hydrogen) atoms. The Morgan fingerprint density at radius 1 is 1.35 bits per heavy atom. The van der Waals surface area contributed by atoms with Crippen molar-refractivity contribution in [1.29, 1.82) is 0 Å². The zero-order valence-corrected chi connectivity index (χ0v) is 15.6. The van der Waals surface area contributed by atoms with E-state index in [9.17, 15) is 8.42 Å². The first-order valence-electron chi connectivity index (χ1n) is 9.05. The highest BCUT2D eigenvalue weighted by Gasteiger charge is 2.33. The predicted octanol–water partition coefficient (Wildman–Crippen LogP) is 1.22. The zero-order valence-electron chi connectivity index (χ0n) is 14.8. The number of rotatable bonds is 6.